The van der Waals surface area contributed by atoms with E-state index in [1.165, 1.54) is 7.11 Å². The zero-order valence-corrected chi connectivity index (χ0v) is 11.9. The maximum atomic E-state index is 12.6. The largest absolute Gasteiger partial charge is 0.469 e. The predicted molar refractivity (Wildman–Crippen MR) is 71.6 cm³/mol. The van der Waals surface area contributed by atoms with Crippen LogP contribution in [0.5, 0.6) is 0 Å². The molecule has 2 aliphatic heterocycles. The Morgan fingerprint density at radius 2 is 2.05 bits per heavy atom. The number of ether oxygens (including phenoxy) is 1. The Labute approximate surface area is 114 Å². The summed E-state index contributed by atoms with van der Waals surface area (Å²) in [4.78, 5) is 26.0. The maximum Gasteiger partial charge on any atom is 0.308 e. The van der Waals surface area contributed by atoms with Crippen molar-refractivity contribution in [2.24, 2.45) is 5.92 Å². The number of esters is 1. The van der Waals surface area contributed by atoms with Crippen molar-refractivity contribution in [3.63, 3.8) is 0 Å². The van der Waals surface area contributed by atoms with Gasteiger partial charge >= 0.3 is 5.97 Å². The Balaban J connectivity index is 1.94. The molecule has 2 saturated heterocycles. The first-order chi connectivity index (χ1) is 9.13. The maximum absolute atomic E-state index is 12.6. The third-order valence-electron chi connectivity index (χ3n) is 4.57. The van der Waals surface area contributed by atoms with Crippen molar-refractivity contribution in [1.29, 1.82) is 0 Å². The molecule has 1 amide bonds. The van der Waals surface area contributed by atoms with E-state index in [1.54, 1.807) is 0 Å². The van der Waals surface area contributed by atoms with Gasteiger partial charge in [0.15, 0.2) is 0 Å². The Bertz CT molecular complexity index is 343. The molecular weight excluding hydrogens is 244 g/mol. The lowest BCUT2D eigenvalue weighted by atomic mass is 9.90. The predicted octanol–water partition coefficient (Wildman–Crippen LogP) is 0.930. The van der Waals surface area contributed by atoms with Crippen molar-refractivity contribution < 1.29 is 14.3 Å². The molecule has 0 aromatic rings. The fraction of sp³-hybridized carbons (Fsp3) is 0.857. The van der Waals surface area contributed by atoms with Gasteiger partial charge in [-0.3, -0.25) is 9.59 Å². The highest BCUT2D eigenvalue weighted by molar-refractivity contribution is 5.87. The second kappa shape index (κ2) is 5.90. The van der Waals surface area contributed by atoms with Crippen LogP contribution >= 0.6 is 0 Å². The molecule has 5 heteroatoms. The molecule has 0 aromatic heterocycles. The number of nitrogens with one attached hydrogen (secondary N) is 1. The van der Waals surface area contributed by atoms with Gasteiger partial charge in [0, 0.05) is 13.1 Å². The van der Waals surface area contributed by atoms with E-state index in [9.17, 15) is 9.59 Å². The molecule has 108 valence electrons. The Morgan fingerprint density at radius 3 is 2.53 bits per heavy atom. The number of carbonyl (C=O) groups is 2. The van der Waals surface area contributed by atoms with Gasteiger partial charge in [-0.25, -0.2) is 0 Å². The first kappa shape index (κ1) is 14.3. The van der Waals surface area contributed by atoms with Crippen LogP contribution in [0.4, 0.5) is 0 Å². The number of hydrogen-bond acceptors (Lipinski definition) is 4. The van der Waals surface area contributed by atoms with Crippen molar-refractivity contribution in [1.82, 2.24) is 10.2 Å². The Kier molecular flexibility index (Phi) is 4.45. The zero-order chi connectivity index (χ0) is 13.9. The van der Waals surface area contributed by atoms with Crippen LogP contribution in [0, 0.1) is 5.92 Å². The van der Waals surface area contributed by atoms with E-state index in [1.807, 2.05) is 4.90 Å². The molecule has 1 atom stereocenters. The average molecular weight is 268 g/mol. The van der Waals surface area contributed by atoms with Crippen LogP contribution in [0.3, 0.4) is 0 Å². The van der Waals surface area contributed by atoms with Gasteiger partial charge in [-0.05, 0) is 38.6 Å². The number of piperidine rings is 1. The second-order valence-corrected chi connectivity index (χ2v) is 5.56. The molecule has 2 rings (SSSR count). The number of hydrogen-bond donors (Lipinski definition) is 1. The lowest BCUT2D eigenvalue weighted by Crippen LogP contribution is -2.56. The third-order valence-corrected chi connectivity index (χ3v) is 4.57. The van der Waals surface area contributed by atoms with Gasteiger partial charge in [-0.15, -0.1) is 0 Å². The molecule has 0 radical (unpaired) electrons. The van der Waals surface area contributed by atoms with Gasteiger partial charge in [-0.1, -0.05) is 6.92 Å². The van der Waals surface area contributed by atoms with E-state index in [0.29, 0.717) is 13.1 Å². The molecule has 0 aliphatic carbocycles. The molecule has 0 aromatic carbocycles. The first-order valence-corrected chi connectivity index (χ1v) is 7.25. The van der Waals surface area contributed by atoms with Crippen LogP contribution in [0.1, 0.15) is 39.0 Å². The minimum Gasteiger partial charge on any atom is -0.469 e. The molecule has 0 bridgehead atoms. The van der Waals surface area contributed by atoms with Crippen molar-refractivity contribution in [2.75, 3.05) is 26.7 Å². The number of nitrogens with zero attached hydrogens (tertiary/aromatic N) is 1. The number of likely N-dealkylation sites (tertiary alicyclic amines) is 1. The van der Waals surface area contributed by atoms with E-state index >= 15 is 0 Å². The highest BCUT2D eigenvalue weighted by Gasteiger charge is 2.42. The van der Waals surface area contributed by atoms with Crippen LogP contribution in [0.2, 0.25) is 0 Å². The third kappa shape index (κ3) is 2.76. The van der Waals surface area contributed by atoms with Crippen molar-refractivity contribution in [3.8, 4) is 0 Å². The molecule has 2 fully saturated rings. The van der Waals surface area contributed by atoms with E-state index in [4.69, 9.17) is 4.74 Å². The van der Waals surface area contributed by atoms with Crippen LogP contribution in [0.15, 0.2) is 0 Å². The van der Waals surface area contributed by atoms with E-state index in [0.717, 1.165) is 38.6 Å². The molecule has 0 spiro atoms. The summed E-state index contributed by atoms with van der Waals surface area (Å²) in [5.41, 5.74) is -0.349. The molecular formula is C14H24N2O3. The van der Waals surface area contributed by atoms with Gasteiger partial charge < -0.3 is 15.0 Å². The summed E-state index contributed by atoms with van der Waals surface area (Å²) in [6.07, 6.45) is 4.27. The summed E-state index contributed by atoms with van der Waals surface area (Å²) >= 11 is 0. The zero-order valence-electron chi connectivity index (χ0n) is 11.9. The molecule has 5 nitrogen and oxygen atoms in total. The minimum absolute atomic E-state index is 0.0387. The number of amides is 1. The normalized spacial score (nSPS) is 28.4. The lowest BCUT2D eigenvalue weighted by molar-refractivity contribution is -0.150. The van der Waals surface area contributed by atoms with Crippen molar-refractivity contribution in [2.45, 2.75) is 44.6 Å². The second-order valence-electron chi connectivity index (χ2n) is 5.56. The van der Waals surface area contributed by atoms with Gasteiger partial charge in [0.25, 0.3) is 0 Å². The van der Waals surface area contributed by atoms with Crippen molar-refractivity contribution >= 4 is 11.9 Å². The van der Waals surface area contributed by atoms with Crippen LogP contribution in [-0.2, 0) is 14.3 Å². The van der Waals surface area contributed by atoms with Gasteiger partial charge in [0.2, 0.25) is 5.91 Å². The summed E-state index contributed by atoms with van der Waals surface area (Å²) in [5, 5.41) is 3.38. The van der Waals surface area contributed by atoms with E-state index in [-0.39, 0.29) is 23.3 Å². The quantitative estimate of drug-likeness (QED) is 0.774. The Hall–Kier alpha value is -1.10. The highest BCUT2D eigenvalue weighted by Crippen LogP contribution is 2.28. The van der Waals surface area contributed by atoms with Gasteiger partial charge in [0.1, 0.15) is 0 Å². The topological polar surface area (TPSA) is 58.6 Å². The van der Waals surface area contributed by atoms with Crippen molar-refractivity contribution in [3.05, 3.63) is 0 Å². The Morgan fingerprint density at radius 1 is 1.37 bits per heavy atom. The van der Waals surface area contributed by atoms with Crippen LogP contribution in [0.25, 0.3) is 0 Å². The molecule has 1 unspecified atom stereocenters. The molecule has 0 saturated carbocycles. The minimum atomic E-state index is -0.349. The number of methoxy groups -OCH3 is 1. The highest BCUT2D eigenvalue weighted by atomic mass is 16.5. The van der Waals surface area contributed by atoms with E-state index < -0.39 is 0 Å². The fourth-order valence-electron chi connectivity index (χ4n) is 3.23. The van der Waals surface area contributed by atoms with E-state index in [2.05, 4.69) is 12.2 Å². The van der Waals surface area contributed by atoms with Gasteiger partial charge in [-0.2, -0.15) is 0 Å². The average Bonchev–Trinajstić information content (AvgIpc) is 2.96. The van der Waals surface area contributed by atoms with Crippen LogP contribution in [-0.4, -0.2) is 49.1 Å². The summed E-state index contributed by atoms with van der Waals surface area (Å²) in [7, 11) is 1.42. The number of rotatable bonds is 3. The van der Waals surface area contributed by atoms with Gasteiger partial charge in [0.05, 0.1) is 18.6 Å². The summed E-state index contributed by atoms with van der Waals surface area (Å²) in [6, 6.07) is 0. The fourth-order valence-corrected chi connectivity index (χ4v) is 3.23. The summed E-state index contributed by atoms with van der Waals surface area (Å²) < 4.78 is 4.77. The number of carbonyl (C=O) groups excluding carboxylic acids is 2. The SMILES string of the molecule is CCC1(C(=O)N2CCC(C(=O)OC)CC2)CCCN1. The molecule has 1 N–H and O–H groups in total. The molecule has 19 heavy (non-hydrogen) atoms. The first-order valence-electron chi connectivity index (χ1n) is 7.25. The monoisotopic (exact) mass is 268 g/mol. The molecule has 2 heterocycles. The summed E-state index contributed by atoms with van der Waals surface area (Å²) in [6.45, 7) is 4.33. The summed E-state index contributed by atoms with van der Waals surface area (Å²) in [5.74, 6) is 0.0373. The van der Waals surface area contributed by atoms with Crippen LogP contribution < -0.4 is 5.32 Å². The molecule has 2 aliphatic rings. The smallest absolute Gasteiger partial charge is 0.308 e. The standard InChI is InChI=1S/C14H24N2O3/c1-3-14(7-4-8-15-14)13(18)16-9-5-11(6-10-16)12(17)19-2/h11,15H,3-10H2,1-2H3. The lowest BCUT2D eigenvalue weighted by Gasteiger charge is -2.37.